The van der Waals surface area contributed by atoms with Crippen LogP contribution in [0.1, 0.15) is 51.9 Å². The minimum Gasteiger partial charge on any atom is -0.389 e. The third-order valence-electron chi connectivity index (χ3n) is 4.30. The van der Waals surface area contributed by atoms with Gasteiger partial charge in [-0.2, -0.15) is 5.26 Å². The summed E-state index contributed by atoms with van der Waals surface area (Å²) in [6, 6.07) is 2.29. The van der Waals surface area contributed by atoms with Crippen LogP contribution in [0.2, 0.25) is 0 Å². The minimum absolute atomic E-state index is 0.154. The zero-order chi connectivity index (χ0) is 10.9. The lowest BCUT2D eigenvalue weighted by molar-refractivity contribution is -0.0522. The molecule has 2 aliphatic rings. The van der Waals surface area contributed by atoms with Crippen molar-refractivity contribution in [3.8, 4) is 6.07 Å². The highest BCUT2D eigenvalue weighted by atomic mass is 16.3. The van der Waals surface area contributed by atoms with Crippen molar-refractivity contribution in [3.05, 3.63) is 0 Å². The van der Waals surface area contributed by atoms with Gasteiger partial charge in [-0.1, -0.05) is 13.3 Å². The highest BCUT2D eigenvalue weighted by Crippen LogP contribution is 2.48. The van der Waals surface area contributed by atoms with Gasteiger partial charge in [0, 0.05) is 0 Å². The summed E-state index contributed by atoms with van der Waals surface area (Å²) in [6.07, 6.45) is 7.58. The Hall–Kier alpha value is -0.550. The molecule has 0 radical (unpaired) electrons. The van der Waals surface area contributed by atoms with Gasteiger partial charge in [-0.3, -0.25) is 0 Å². The van der Waals surface area contributed by atoms with E-state index in [0.717, 1.165) is 31.6 Å². The molecule has 0 aromatic heterocycles. The fraction of sp³-hybridized carbons (Fsp3) is 0.923. The van der Waals surface area contributed by atoms with Crippen molar-refractivity contribution in [1.29, 1.82) is 5.26 Å². The highest BCUT2D eigenvalue weighted by molar-refractivity contribution is 5.02. The average molecular weight is 207 g/mol. The van der Waals surface area contributed by atoms with Gasteiger partial charge in [0.15, 0.2) is 0 Å². The van der Waals surface area contributed by atoms with Crippen LogP contribution in [-0.2, 0) is 0 Å². The first-order valence-corrected chi connectivity index (χ1v) is 6.31. The van der Waals surface area contributed by atoms with E-state index in [4.69, 9.17) is 5.26 Å². The van der Waals surface area contributed by atoms with Gasteiger partial charge in [-0.15, -0.1) is 0 Å². The van der Waals surface area contributed by atoms with Crippen LogP contribution in [-0.4, -0.2) is 10.7 Å². The molecule has 0 heterocycles. The highest BCUT2D eigenvalue weighted by Gasteiger charge is 2.44. The summed E-state index contributed by atoms with van der Waals surface area (Å²) in [6.45, 7) is 2.01. The first-order chi connectivity index (χ1) is 7.19. The van der Waals surface area contributed by atoms with Crippen molar-refractivity contribution in [1.82, 2.24) is 0 Å². The second kappa shape index (κ2) is 4.14. The van der Waals surface area contributed by atoms with Crippen molar-refractivity contribution >= 4 is 0 Å². The second-order valence-electron chi connectivity index (χ2n) is 5.39. The molecule has 2 fully saturated rings. The predicted molar refractivity (Wildman–Crippen MR) is 59.0 cm³/mol. The summed E-state index contributed by atoms with van der Waals surface area (Å²) in [4.78, 5) is 0. The molecule has 2 aliphatic carbocycles. The summed E-state index contributed by atoms with van der Waals surface area (Å²) in [5.41, 5.74) is -0.672. The molecule has 2 saturated carbocycles. The van der Waals surface area contributed by atoms with Crippen molar-refractivity contribution in [3.63, 3.8) is 0 Å². The molecular formula is C13H21NO. The summed E-state index contributed by atoms with van der Waals surface area (Å²) in [5, 5.41) is 19.6. The maximum atomic E-state index is 10.6. The average Bonchev–Trinajstić information content (AvgIpc) is 3.02. The van der Waals surface area contributed by atoms with E-state index >= 15 is 0 Å². The van der Waals surface area contributed by atoms with Gasteiger partial charge in [0.1, 0.15) is 0 Å². The number of nitrogens with zero attached hydrogens (tertiary/aromatic N) is 1. The molecular weight excluding hydrogens is 186 g/mol. The largest absolute Gasteiger partial charge is 0.389 e. The van der Waals surface area contributed by atoms with Crippen molar-refractivity contribution in [2.45, 2.75) is 57.5 Å². The lowest BCUT2D eigenvalue weighted by Crippen LogP contribution is -2.42. The summed E-state index contributed by atoms with van der Waals surface area (Å²) < 4.78 is 0. The molecule has 0 saturated heterocycles. The van der Waals surface area contributed by atoms with E-state index in [-0.39, 0.29) is 5.92 Å². The molecule has 2 heteroatoms. The number of aliphatic hydroxyl groups is 1. The van der Waals surface area contributed by atoms with Crippen molar-refractivity contribution in [2.24, 2.45) is 17.8 Å². The molecule has 3 unspecified atom stereocenters. The molecule has 0 spiro atoms. The monoisotopic (exact) mass is 207 g/mol. The maximum absolute atomic E-state index is 10.6. The second-order valence-corrected chi connectivity index (χ2v) is 5.39. The van der Waals surface area contributed by atoms with Crippen LogP contribution in [0, 0.1) is 29.1 Å². The Morgan fingerprint density at radius 2 is 2.13 bits per heavy atom. The lowest BCUT2D eigenvalue weighted by atomic mass is 9.70. The zero-order valence-electron chi connectivity index (χ0n) is 9.58. The normalized spacial score (nSPS) is 38.3. The number of hydrogen-bond acceptors (Lipinski definition) is 2. The lowest BCUT2D eigenvalue weighted by Gasteiger charge is -2.39. The molecule has 3 atom stereocenters. The Bertz CT molecular complexity index is 266. The van der Waals surface area contributed by atoms with Crippen LogP contribution in [0.4, 0.5) is 0 Å². The van der Waals surface area contributed by atoms with Crippen LogP contribution in [0.3, 0.4) is 0 Å². The number of nitriles is 1. The Morgan fingerprint density at radius 3 is 2.67 bits per heavy atom. The van der Waals surface area contributed by atoms with Crippen molar-refractivity contribution in [2.75, 3.05) is 0 Å². The van der Waals surface area contributed by atoms with E-state index in [1.165, 1.54) is 19.3 Å². The van der Waals surface area contributed by atoms with Gasteiger partial charge in [0.2, 0.25) is 0 Å². The van der Waals surface area contributed by atoms with Crippen LogP contribution >= 0.6 is 0 Å². The smallest absolute Gasteiger partial charge is 0.0807 e. The SMILES string of the molecule is CCC(C#N)C1(O)CCCC(C2CC2)C1. The Balaban J connectivity index is 2.03. The molecule has 2 nitrogen and oxygen atoms in total. The first kappa shape index (κ1) is 11.0. The van der Waals surface area contributed by atoms with E-state index in [0.29, 0.717) is 5.92 Å². The molecule has 15 heavy (non-hydrogen) atoms. The van der Waals surface area contributed by atoms with E-state index in [2.05, 4.69) is 6.07 Å². The summed E-state index contributed by atoms with van der Waals surface area (Å²) in [5.74, 6) is 1.42. The fourth-order valence-corrected chi connectivity index (χ4v) is 3.21. The Morgan fingerprint density at radius 1 is 1.40 bits per heavy atom. The fourth-order valence-electron chi connectivity index (χ4n) is 3.21. The maximum Gasteiger partial charge on any atom is 0.0807 e. The van der Waals surface area contributed by atoms with E-state index in [1.54, 1.807) is 0 Å². The Labute approximate surface area is 92.3 Å². The Kier molecular flexibility index (Phi) is 3.02. The van der Waals surface area contributed by atoms with Gasteiger partial charge in [-0.05, 0) is 50.4 Å². The van der Waals surface area contributed by atoms with E-state index < -0.39 is 5.60 Å². The molecule has 0 bridgehead atoms. The molecule has 0 amide bonds. The van der Waals surface area contributed by atoms with Gasteiger partial charge in [0.25, 0.3) is 0 Å². The zero-order valence-corrected chi connectivity index (χ0v) is 9.58. The molecule has 1 N–H and O–H groups in total. The minimum atomic E-state index is -0.672. The van der Waals surface area contributed by atoms with Crippen LogP contribution in [0.25, 0.3) is 0 Å². The predicted octanol–water partition coefficient (Wildman–Crippen LogP) is 2.87. The van der Waals surface area contributed by atoms with Gasteiger partial charge < -0.3 is 5.11 Å². The summed E-state index contributed by atoms with van der Waals surface area (Å²) >= 11 is 0. The third kappa shape index (κ3) is 2.18. The quantitative estimate of drug-likeness (QED) is 0.773. The molecule has 0 aliphatic heterocycles. The van der Waals surface area contributed by atoms with E-state index in [9.17, 15) is 5.11 Å². The third-order valence-corrected chi connectivity index (χ3v) is 4.30. The van der Waals surface area contributed by atoms with Crippen molar-refractivity contribution < 1.29 is 5.11 Å². The molecule has 2 rings (SSSR count). The van der Waals surface area contributed by atoms with E-state index in [1.807, 2.05) is 6.92 Å². The number of hydrogen-bond donors (Lipinski definition) is 1. The number of rotatable bonds is 3. The standard InChI is InChI=1S/C13H21NO/c1-2-12(9-14)13(15)7-3-4-11(8-13)10-5-6-10/h10-12,15H,2-8H2,1H3. The van der Waals surface area contributed by atoms with Gasteiger partial charge >= 0.3 is 0 Å². The molecule has 0 aromatic carbocycles. The topological polar surface area (TPSA) is 44.0 Å². The molecule has 0 aromatic rings. The van der Waals surface area contributed by atoms with Gasteiger partial charge in [-0.25, -0.2) is 0 Å². The molecule has 84 valence electrons. The summed E-state index contributed by atoms with van der Waals surface area (Å²) in [7, 11) is 0. The van der Waals surface area contributed by atoms with Gasteiger partial charge in [0.05, 0.1) is 17.6 Å². The van der Waals surface area contributed by atoms with Crippen LogP contribution < -0.4 is 0 Å². The van der Waals surface area contributed by atoms with Crippen LogP contribution in [0.15, 0.2) is 0 Å². The first-order valence-electron chi connectivity index (χ1n) is 6.31. The van der Waals surface area contributed by atoms with Crippen LogP contribution in [0.5, 0.6) is 0 Å².